The summed E-state index contributed by atoms with van der Waals surface area (Å²) in [6, 6.07) is 7.83. The summed E-state index contributed by atoms with van der Waals surface area (Å²) in [6.45, 7) is 18.7. The first-order valence-electron chi connectivity index (χ1n) is 17.9. The number of methoxy groups -OCH3 is 1. The van der Waals surface area contributed by atoms with Crippen molar-refractivity contribution in [1.29, 1.82) is 0 Å². The third-order valence-corrected chi connectivity index (χ3v) is 12.6. The third-order valence-electron chi connectivity index (χ3n) is 12.6. The van der Waals surface area contributed by atoms with E-state index in [-0.39, 0.29) is 24.4 Å². The van der Waals surface area contributed by atoms with Crippen LogP contribution in [0, 0.1) is 39.9 Å². The molecule has 1 heterocycles. The Hall–Kier alpha value is -3.92. The van der Waals surface area contributed by atoms with Gasteiger partial charge in [-0.05, 0) is 73.5 Å². The van der Waals surface area contributed by atoms with Crippen LogP contribution in [0.1, 0.15) is 80.2 Å². The fraction of sp³-hybridized carbons (Fsp3) is 0.610. The molecule has 2 fully saturated rings. The molecule has 1 aromatic rings. The number of hydrogen-bond donors (Lipinski definition) is 0. The molecule has 3 aliphatic carbocycles. The Bertz CT molecular complexity index is 1610. The summed E-state index contributed by atoms with van der Waals surface area (Å²) < 4.78 is 36.6. The van der Waals surface area contributed by atoms with Gasteiger partial charge in [-0.25, -0.2) is 0 Å². The van der Waals surface area contributed by atoms with E-state index in [4.69, 9.17) is 28.4 Å². The molecule has 11 atom stereocenters. The van der Waals surface area contributed by atoms with E-state index in [9.17, 15) is 19.2 Å². The predicted octanol–water partition coefficient (Wildman–Crippen LogP) is 6.66. The van der Waals surface area contributed by atoms with Crippen molar-refractivity contribution in [3.8, 4) is 5.75 Å². The summed E-state index contributed by atoms with van der Waals surface area (Å²) in [6.07, 6.45) is 4.70. The lowest BCUT2D eigenvalue weighted by Crippen LogP contribution is -2.73. The van der Waals surface area contributed by atoms with Crippen molar-refractivity contribution < 1.29 is 47.6 Å². The van der Waals surface area contributed by atoms with Gasteiger partial charge in [0.2, 0.25) is 0 Å². The zero-order valence-electron chi connectivity index (χ0n) is 31.5. The van der Waals surface area contributed by atoms with Gasteiger partial charge in [0.05, 0.1) is 25.7 Å². The third kappa shape index (κ3) is 6.76. The molecule has 10 heteroatoms. The number of esters is 4. The summed E-state index contributed by atoms with van der Waals surface area (Å²) in [5.41, 5.74) is 0.742. The van der Waals surface area contributed by atoms with E-state index in [1.54, 1.807) is 14.0 Å². The lowest BCUT2D eigenvalue weighted by Gasteiger charge is -2.68. The molecule has 0 N–H and O–H groups in total. The molecule has 0 amide bonds. The first-order chi connectivity index (χ1) is 24.0. The molecule has 1 aromatic carbocycles. The van der Waals surface area contributed by atoms with Gasteiger partial charge in [0.1, 0.15) is 24.1 Å². The molecule has 0 spiro atoms. The summed E-state index contributed by atoms with van der Waals surface area (Å²) >= 11 is 0. The van der Waals surface area contributed by atoms with Crippen LogP contribution in [0.15, 0.2) is 54.6 Å². The Kier molecular flexibility index (Phi) is 11.0. The number of para-hydroxylation sites is 1. The number of rotatable bonds is 9. The van der Waals surface area contributed by atoms with Crippen LogP contribution in [0.2, 0.25) is 0 Å². The molecule has 5 rings (SSSR count). The molecule has 0 bridgehead atoms. The Balaban J connectivity index is 1.74. The predicted molar refractivity (Wildman–Crippen MR) is 190 cm³/mol. The molecule has 4 aliphatic rings. The van der Waals surface area contributed by atoms with Gasteiger partial charge in [-0.15, -0.1) is 0 Å². The molecule has 278 valence electrons. The fourth-order valence-electron chi connectivity index (χ4n) is 10.5. The maximum atomic E-state index is 13.1. The highest BCUT2D eigenvalue weighted by atomic mass is 16.6. The largest absolute Gasteiger partial charge is 0.496 e. The van der Waals surface area contributed by atoms with E-state index in [1.807, 2.05) is 36.4 Å². The van der Waals surface area contributed by atoms with E-state index in [2.05, 4.69) is 33.4 Å². The Labute approximate surface area is 301 Å². The summed E-state index contributed by atoms with van der Waals surface area (Å²) in [5, 5.41) is 0. The van der Waals surface area contributed by atoms with Crippen LogP contribution in [-0.2, 0) is 42.9 Å². The second-order valence-electron chi connectivity index (χ2n) is 15.5. The van der Waals surface area contributed by atoms with E-state index in [0.29, 0.717) is 19.4 Å². The average molecular weight is 707 g/mol. The van der Waals surface area contributed by atoms with E-state index < -0.39 is 70.5 Å². The summed E-state index contributed by atoms with van der Waals surface area (Å²) in [7, 11) is 1.65. The SMILES string of the molecule is C=C(C[C@]1(C)C(C)=CC(OC(C)=O)C2[C@H]1CCC1(C)C3C=CCOC[C@]3(C(C)OC(C)=O)[C@@H](OC(C)=O)[C@@H](OC(C)=O)[C@H]21)c1ccccc1OC. The number of allylic oxidation sites excluding steroid dienone is 3. The Morgan fingerprint density at radius 2 is 1.65 bits per heavy atom. The van der Waals surface area contributed by atoms with E-state index >= 15 is 0 Å². The van der Waals surface area contributed by atoms with Gasteiger partial charge in [0.15, 0.2) is 6.10 Å². The van der Waals surface area contributed by atoms with Crippen LogP contribution in [0.3, 0.4) is 0 Å². The molecule has 0 aromatic heterocycles. The topological polar surface area (TPSA) is 124 Å². The molecule has 0 saturated heterocycles. The highest BCUT2D eigenvalue weighted by Crippen LogP contribution is 2.69. The maximum absolute atomic E-state index is 13.1. The van der Waals surface area contributed by atoms with Gasteiger partial charge < -0.3 is 28.4 Å². The summed E-state index contributed by atoms with van der Waals surface area (Å²) in [5.74, 6) is -2.49. The van der Waals surface area contributed by atoms with Crippen molar-refractivity contribution in [3.05, 3.63) is 60.2 Å². The first kappa shape index (κ1) is 38.3. The number of carbonyl (C=O) groups is 4. The van der Waals surface area contributed by atoms with Gasteiger partial charge >= 0.3 is 23.9 Å². The zero-order chi connectivity index (χ0) is 37.5. The van der Waals surface area contributed by atoms with Crippen molar-refractivity contribution in [2.45, 2.75) is 99.1 Å². The first-order valence-corrected chi connectivity index (χ1v) is 17.9. The van der Waals surface area contributed by atoms with Gasteiger partial charge in [-0.2, -0.15) is 0 Å². The van der Waals surface area contributed by atoms with Crippen LogP contribution in [0.4, 0.5) is 0 Å². The molecule has 5 unspecified atom stereocenters. The van der Waals surface area contributed by atoms with Gasteiger partial charge in [0, 0.05) is 45.1 Å². The standard InChI is InChI=1S/C41H54O10/c1-23(30-14-11-12-15-32(30)46-10)21-40(9)24(2)20-33(49-27(5)43)35-31(40)17-18-39(8)34-16-13-19-47-22-41(34,25(3)48-26(4)42)38(51-29(7)45)37(36(35)39)50-28(6)44/h11-16,20,25,31,33-38H,1,17-19,21-22H2,2-10H3/t25?,31-,33?,34?,35?,36+,37+,38+,39?,40-,41-/m1/s1. The second kappa shape index (κ2) is 14.6. The number of carbonyl (C=O) groups excluding carboxylic acids is 4. The number of ether oxygens (including phenoxy) is 6. The van der Waals surface area contributed by atoms with Gasteiger partial charge in [-0.3, -0.25) is 19.2 Å². The van der Waals surface area contributed by atoms with Crippen molar-refractivity contribution in [2.24, 2.45) is 39.9 Å². The normalized spacial score (nSPS) is 36.0. The molecule has 0 radical (unpaired) electrons. The molecule has 51 heavy (non-hydrogen) atoms. The van der Waals surface area contributed by atoms with Crippen molar-refractivity contribution in [3.63, 3.8) is 0 Å². The fourth-order valence-corrected chi connectivity index (χ4v) is 10.5. The minimum atomic E-state index is -1.11. The number of hydrogen-bond acceptors (Lipinski definition) is 10. The van der Waals surface area contributed by atoms with Crippen molar-refractivity contribution in [1.82, 2.24) is 0 Å². The second-order valence-corrected chi connectivity index (χ2v) is 15.5. The van der Waals surface area contributed by atoms with Crippen LogP contribution in [0.5, 0.6) is 5.75 Å². The molecular weight excluding hydrogens is 652 g/mol. The minimum absolute atomic E-state index is 0.0585. The van der Waals surface area contributed by atoms with Crippen molar-refractivity contribution in [2.75, 3.05) is 20.3 Å². The average Bonchev–Trinajstić information content (AvgIpc) is 3.29. The Morgan fingerprint density at radius 3 is 2.27 bits per heavy atom. The Morgan fingerprint density at radius 1 is 0.980 bits per heavy atom. The van der Waals surface area contributed by atoms with Crippen LogP contribution in [0.25, 0.3) is 5.57 Å². The van der Waals surface area contributed by atoms with E-state index in [1.165, 1.54) is 27.7 Å². The maximum Gasteiger partial charge on any atom is 0.303 e. The quantitative estimate of drug-likeness (QED) is 0.156. The lowest BCUT2D eigenvalue weighted by atomic mass is 9.38. The summed E-state index contributed by atoms with van der Waals surface area (Å²) in [4.78, 5) is 51.5. The van der Waals surface area contributed by atoms with E-state index in [0.717, 1.165) is 28.9 Å². The molecule has 2 saturated carbocycles. The van der Waals surface area contributed by atoms with Crippen molar-refractivity contribution >= 4 is 29.5 Å². The lowest BCUT2D eigenvalue weighted by molar-refractivity contribution is -0.282. The molecule has 1 aliphatic heterocycles. The van der Waals surface area contributed by atoms with Crippen LogP contribution >= 0.6 is 0 Å². The number of benzene rings is 1. The minimum Gasteiger partial charge on any atom is -0.496 e. The van der Waals surface area contributed by atoms with Crippen LogP contribution < -0.4 is 4.74 Å². The van der Waals surface area contributed by atoms with Gasteiger partial charge in [-0.1, -0.05) is 56.4 Å². The smallest absolute Gasteiger partial charge is 0.303 e. The molecular formula is C41H54O10. The highest BCUT2D eigenvalue weighted by Gasteiger charge is 2.73. The highest BCUT2D eigenvalue weighted by molar-refractivity contribution is 5.70. The number of fused-ring (bicyclic) bond motifs is 5. The van der Waals surface area contributed by atoms with Gasteiger partial charge in [0.25, 0.3) is 0 Å². The zero-order valence-corrected chi connectivity index (χ0v) is 31.5. The molecule has 10 nitrogen and oxygen atoms in total. The van der Waals surface area contributed by atoms with Crippen LogP contribution in [-0.4, -0.2) is 68.6 Å². The monoisotopic (exact) mass is 706 g/mol.